The number of hydrogen-bond donors (Lipinski definition) is 1. The van der Waals surface area contributed by atoms with E-state index < -0.39 is 5.97 Å². The molecule has 1 N–H and O–H groups in total. The Bertz CT molecular complexity index is 716. The summed E-state index contributed by atoms with van der Waals surface area (Å²) in [6.45, 7) is 4.27. The fourth-order valence-corrected chi connectivity index (χ4v) is 3.33. The van der Waals surface area contributed by atoms with E-state index in [2.05, 4.69) is 32.0 Å². The second-order valence-corrected chi connectivity index (χ2v) is 6.64. The molecule has 25 heavy (non-hydrogen) atoms. The summed E-state index contributed by atoms with van der Waals surface area (Å²) in [4.78, 5) is 11.0. The SMILES string of the molecule is CCC(CC(C#N)CC(C)c1ccc(C(=O)O)cc1)c1ccccc1. The molecule has 130 valence electrons. The minimum absolute atomic E-state index is 0.0145. The molecule has 2 aromatic carbocycles. The second kappa shape index (κ2) is 9.03. The second-order valence-electron chi connectivity index (χ2n) is 6.64. The summed E-state index contributed by atoms with van der Waals surface area (Å²) in [6, 6.07) is 19.8. The normalized spacial score (nSPS) is 14.3. The van der Waals surface area contributed by atoms with Crippen LogP contribution >= 0.6 is 0 Å². The van der Waals surface area contributed by atoms with Gasteiger partial charge in [-0.2, -0.15) is 5.26 Å². The first-order chi connectivity index (χ1) is 12.0. The molecule has 3 unspecified atom stereocenters. The van der Waals surface area contributed by atoms with Gasteiger partial charge in [0.15, 0.2) is 0 Å². The molecule has 0 spiro atoms. The Kier molecular flexibility index (Phi) is 6.77. The highest BCUT2D eigenvalue weighted by molar-refractivity contribution is 5.87. The van der Waals surface area contributed by atoms with Crippen molar-refractivity contribution >= 4 is 5.97 Å². The summed E-state index contributed by atoms with van der Waals surface area (Å²) < 4.78 is 0. The van der Waals surface area contributed by atoms with Crippen molar-refractivity contribution in [3.05, 3.63) is 71.3 Å². The zero-order valence-corrected chi connectivity index (χ0v) is 14.9. The monoisotopic (exact) mass is 335 g/mol. The number of rotatable bonds is 8. The minimum Gasteiger partial charge on any atom is -0.478 e. The van der Waals surface area contributed by atoms with Gasteiger partial charge in [-0.1, -0.05) is 56.3 Å². The summed E-state index contributed by atoms with van der Waals surface area (Å²) in [5, 5.41) is 18.6. The van der Waals surface area contributed by atoms with Crippen LogP contribution in [0.15, 0.2) is 54.6 Å². The minimum atomic E-state index is -0.914. The third-order valence-electron chi connectivity index (χ3n) is 4.88. The number of carboxylic acids is 1. The molecule has 2 rings (SSSR count). The lowest BCUT2D eigenvalue weighted by Crippen LogP contribution is -2.09. The summed E-state index contributed by atoms with van der Waals surface area (Å²) in [5.74, 6) is -0.310. The van der Waals surface area contributed by atoms with Crippen molar-refractivity contribution in [3.63, 3.8) is 0 Å². The predicted octanol–water partition coefficient (Wildman–Crippen LogP) is 5.60. The lowest BCUT2D eigenvalue weighted by atomic mass is 9.82. The molecule has 3 heteroatoms. The molecule has 0 aliphatic heterocycles. The Morgan fingerprint density at radius 3 is 2.20 bits per heavy atom. The number of benzene rings is 2. The summed E-state index contributed by atoms with van der Waals surface area (Å²) in [7, 11) is 0. The van der Waals surface area contributed by atoms with Crippen LogP contribution in [0.4, 0.5) is 0 Å². The molecule has 3 nitrogen and oxygen atoms in total. The maximum absolute atomic E-state index is 11.0. The van der Waals surface area contributed by atoms with E-state index in [4.69, 9.17) is 5.11 Å². The largest absolute Gasteiger partial charge is 0.478 e. The fraction of sp³-hybridized carbons (Fsp3) is 0.364. The molecular formula is C22H25NO2. The Morgan fingerprint density at radius 1 is 1.04 bits per heavy atom. The lowest BCUT2D eigenvalue weighted by molar-refractivity contribution is 0.0697. The molecule has 0 fully saturated rings. The third-order valence-corrected chi connectivity index (χ3v) is 4.88. The molecule has 0 saturated heterocycles. The standard InChI is InChI=1S/C22H25NO2/c1-3-18(20-7-5-4-6-8-20)14-17(15-23)13-16(2)19-9-11-21(12-10-19)22(24)25/h4-12,16-18H,3,13-14H2,1-2H3,(H,24,25). The van der Waals surface area contributed by atoms with Crippen molar-refractivity contribution in [2.24, 2.45) is 5.92 Å². The fourth-order valence-electron chi connectivity index (χ4n) is 3.33. The van der Waals surface area contributed by atoms with Crippen LogP contribution in [0.5, 0.6) is 0 Å². The van der Waals surface area contributed by atoms with Crippen LogP contribution in [0.2, 0.25) is 0 Å². The van der Waals surface area contributed by atoms with Crippen molar-refractivity contribution in [2.75, 3.05) is 0 Å². The highest BCUT2D eigenvalue weighted by Crippen LogP contribution is 2.32. The molecule has 0 aromatic heterocycles. The van der Waals surface area contributed by atoms with E-state index in [0.29, 0.717) is 11.5 Å². The van der Waals surface area contributed by atoms with Gasteiger partial charge in [0, 0.05) is 5.92 Å². The van der Waals surface area contributed by atoms with Crippen LogP contribution in [0.25, 0.3) is 0 Å². The number of hydrogen-bond acceptors (Lipinski definition) is 2. The lowest BCUT2D eigenvalue weighted by Gasteiger charge is -2.21. The molecule has 0 heterocycles. The maximum atomic E-state index is 11.0. The summed E-state index contributed by atoms with van der Waals surface area (Å²) in [6.07, 6.45) is 2.66. The highest BCUT2D eigenvalue weighted by Gasteiger charge is 2.20. The molecule has 0 saturated carbocycles. The van der Waals surface area contributed by atoms with Crippen LogP contribution < -0.4 is 0 Å². The van der Waals surface area contributed by atoms with E-state index in [1.54, 1.807) is 12.1 Å². The van der Waals surface area contributed by atoms with Crippen LogP contribution in [0, 0.1) is 17.2 Å². The van der Waals surface area contributed by atoms with E-state index in [9.17, 15) is 10.1 Å². The number of carbonyl (C=O) groups is 1. The maximum Gasteiger partial charge on any atom is 0.335 e. The smallest absolute Gasteiger partial charge is 0.335 e. The molecular weight excluding hydrogens is 310 g/mol. The molecule has 0 amide bonds. The molecule has 0 aliphatic rings. The van der Waals surface area contributed by atoms with Crippen molar-refractivity contribution < 1.29 is 9.90 Å². The average molecular weight is 335 g/mol. The van der Waals surface area contributed by atoms with Gasteiger partial charge in [0.2, 0.25) is 0 Å². The van der Waals surface area contributed by atoms with Crippen molar-refractivity contribution in [2.45, 2.75) is 44.9 Å². The molecule has 0 aliphatic carbocycles. The van der Waals surface area contributed by atoms with E-state index >= 15 is 0 Å². The van der Waals surface area contributed by atoms with Crippen molar-refractivity contribution in [3.8, 4) is 6.07 Å². The van der Waals surface area contributed by atoms with Gasteiger partial charge in [-0.05, 0) is 54.4 Å². The molecule has 0 radical (unpaired) electrons. The van der Waals surface area contributed by atoms with Gasteiger partial charge >= 0.3 is 5.97 Å². The van der Waals surface area contributed by atoms with Crippen molar-refractivity contribution in [1.29, 1.82) is 5.26 Å². The predicted molar refractivity (Wildman–Crippen MR) is 99.6 cm³/mol. The zero-order valence-electron chi connectivity index (χ0n) is 14.9. The van der Waals surface area contributed by atoms with Crippen LogP contribution in [-0.4, -0.2) is 11.1 Å². The first-order valence-electron chi connectivity index (χ1n) is 8.83. The van der Waals surface area contributed by atoms with Crippen LogP contribution in [-0.2, 0) is 0 Å². The number of nitriles is 1. The first kappa shape index (κ1) is 18.7. The average Bonchev–Trinajstić information content (AvgIpc) is 2.65. The number of nitrogens with zero attached hydrogens (tertiary/aromatic N) is 1. The van der Waals surface area contributed by atoms with Gasteiger partial charge in [-0.3, -0.25) is 0 Å². The molecule has 0 bridgehead atoms. The van der Waals surface area contributed by atoms with Gasteiger partial charge < -0.3 is 5.11 Å². The van der Waals surface area contributed by atoms with Gasteiger partial charge in [0.05, 0.1) is 11.6 Å². The molecule has 3 atom stereocenters. The van der Waals surface area contributed by atoms with Crippen molar-refractivity contribution in [1.82, 2.24) is 0 Å². The van der Waals surface area contributed by atoms with Gasteiger partial charge in [-0.15, -0.1) is 0 Å². The highest BCUT2D eigenvalue weighted by atomic mass is 16.4. The quantitative estimate of drug-likeness (QED) is 0.683. The topological polar surface area (TPSA) is 61.1 Å². The first-order valence-corrected chi connectivity index (χ1v) is 8.83. The summed E-state index contributed by atoms with van der Waals surface area (Å²) in [5.41, 5.74) is 2.67. The van der Waals surface area contributed by atoms with Gasteiger partial charge in [-0.25, -0.2) is 4.79 Å². The molecule has 2 aromatic rings. The Morgan fingerprint density at radius 2 is 1.68 bits per heavy atom. The number of aromatic carboxylic acids is 1. The van der Waals surface area contributed by atoms with Crippen LogP contribution in [0.1, 0.15) is 66.4 Å². The van der Waals surface area contributed by atoms with Gasteiger partial charge in [0.1, 0.15) is 0 Å². The Labute approximate surface area is 149 Å². The van der Waals surface area contributed by atoms with Gasteiger partial charge in [0.25, 0.3) is 0 Å². The Balaban J connectivity index is 2.03. The van der Waals surface area contributed by atoms with E-state index in [0.717, 1.165) is 24.8 Å². The number of carboxylic acid groups (broad SMARTS) is 1. The zero-order chi connectivity index (χ0) is 18.2. The Hall–Kier alpha value is -2.60. The van der Waals surface area contributed by atoms with E-state index in [1.807, 2.05) is 30.3 Å². The summed E-state index contributed by atoms with van der Waals surface area (Å²) >= 11 is 0. The van der Waals surface area contributed by atoms with E-state index in [1.165, 1.54) is 5.56 Å². The third kappa shape index (κ3) is 5.19. The van der Waals surface area contributed by atoms with Crippen LogP contribution in [0.3, 0.4) is 0 Å². The van der Waals surface area contributed by atoms with E-state index in [-0.39, 0.29) is 11.8 Å².